The van der Waals surface area contributed by atoms with Crippen molar-refractivity contribution in [2.45, 2.75) is 0 Å². The van der Waals surface area contributed by atoms with E-state index in [1.807, 2.05) is 0 Å². The maximum atomic E-state index is 12.4. The van der Waals surface area contributed by atoms with Gasteiger partial charge in [0.25, 0.3) is 5.91 Å². The zero-order chi connectivity index (χ0) is 18.1. The fourth-order valence-corrected chi connectivity index (χ4v) is 3.38. The number of nitrogens with zero attached hydrogens (tertiary/aromatic N) is 3. The molecule has 0 bridgehead atoms. The third-order valence-corrected chi connectivity index (χ3v) is 4.62. The van der Waals surface area contributed by atoms with Crippen LogP contribution in [0, 0.1) is 0 Å². The smallest absolute Gasteiger partial charge is 0.339 e. The molecule has 1 aromatic carbocycles. The molecule has 1 amide bonds. The van der Waals surface area contributed by atoms with E-state index in [0.29, 0.717) is 26.4 Å². The molecular formula is C15H10Cl2N4O3S. The Hall–Kier alpha value is -2.42. The summed E-state index contributed by atoms with van der Waals surface area (Å²) in [4.78, 5) is 27.8. The lowest BCUT2D eigenvalue weighted by atomic mass is 10.2. The number of nitrogens with one attached hydrogen (secondary N) is 1. The van der Waals surface area contributed by atoms with E-state index >= 15 is 0 Å². The summed E-state index contributed by atoms with van der Waals surface area (Å²) in [5, 5.41) is 18.5. The lowest BCUT2D eigenvalue weighted by Crippen LogP contribution is -2.19. The van der Waals surface area contributed by atoms with Crippen LogP contribution in [0.15, 0.2) is 29.8 Å². The number of amides is 1. The van der Waals surface area contributed by atoms with Gasteiger partial charge >= 0.3 is 5.97 Å². The molecule has 0 saturated heterocycles. The minimum Gasteiger partial charge on any atom is -0.478 e. The van der Waals surface area contributed by atoms with E-state index in [2.05, 4.69) is 15.4 Å². The van der Waals surface area contributed by atoms with Gasteiger partial charge in [-0.15, -0.1) is 11.3 Å². The average Bonchev–Trinajstić information content (AvgIpc) is 3.14. The molecule has 3 rings (SSSR count). The predicted molar refractivity (Wildman–Crippen MR) is 95.7 cm³/mol. The lowest BCUT2D eigenvalue weighted by Gasteiger charge is -2.04. The third-order valence-electron chi connectivity index (χ3n) is 3.32. The number of aromatic carboxylic acids is 1. The molecule has 0 aliphatic carbocycles. The Morgan fingerprint density at radius 2 is 2.08 bits per heavy atom. The number of aryl methyl sites for hydroxylation is 1. The molecule has 0 spiro atoms. The van der Waals surface area contributed by atoms with Crippen LogP contribution in [-0.4, -0.2) is 31.7 Å². The Labute approximate surface area is 155 Å². The summed E-state index contributed by atoms with van der Waals surface area (Å²) in [6.45, 7) is 0. The van der Waals surface area contributed by atoms with E-state index in [1.165, 1.54) is 23.1 Å². The molecule has 2 aromatic heterocycles. The Bertz CT molecular complexity index is 983. The first-order chi connectivity index (χ1) is 11.9. The van der Waals surface area contributed by atoms with Crippen LogP contribution in [0.4, 0.5) is 5.13 Å². The van der Waals surface area contributed by atoms with Crippen molar-refractivity contribution in [3.63, 3.8) is 0 Å². The summed E-state index contributed by atoms with van der Waals surface area (Å²) in [6, 6.07) is 5.02. The number of carbonyl (C=O) groups is 2. The molecule has 7 nitrogen and oxygen atoms in total. The molecule has 25 heavy (non-hydrogen) atoms. The summed E-state index contributed by atoms with van der Waals surface area (Å²) in [5.74, 6) is -1.84. The minimum atomic E-state index is -1.23. The maximum absolute atomic E-state index is 12.4. The number of carbonyl (C=O) groups excluding carboxylic acids is 1. The molecule has 3 aromatic rings. The number of rotatable bonds is 4. The second-order valence-electron chi connectivity index (χ2n) is 4.95. The Kier molecular flexibility index (Phi) is 4.76. The topological polar surface area (TPSA) is 97.1 Å². The van der Waals surface area contributed by atoms with Crippen molar-refractivity contribution in [2.24, 2.45) is 7.05 Å². The van der Waals surface area contributed by atoms with E-state index < -0.39 is 11.9 Å². The highest BCUT2D eigenvalue weighted by Gasteiger charge is 2.22. The first kappa shape index (κ1) is 17.4. The van der Waals surface area contributed by atoms with Crippen molar-refractivity contribution in [1.29, 1.82) is 0 Å². The van der Waals surface area contributed by atoms with Crippen LogP contribution in [0.3, 0.4) is 0 Å². The van der Waals surface area contributed by atoms with E-state index in [1.54, 1.807) is 23.6 Å². The van der Waals surface area contributed by atoms with Gasteiger partial charge in [0.1, 0.15) is 11.3 Å². The lowest BCUT2D eigenvalue weighted by molar-refractivity contribution is 0.0692. The van der Waals surface area contributed by atoms with Crippen LogP contribution in [0.5, 0.6) is 0 Å². The quantitative estimate of drug-likeness (QED) is 0.698. The zero-order valence-electron chi connectivity index (χ0n) is 12.7. The van der Waals surface area contributed by atoms with Crippen molar-refractivity contribution in [2.75, 3.05) is 5.32 Å². The van der Waals surface area contributed by atoms with Crippen molar-refractivity contribution >= 4 is 51.5 Å². The van der Waals surface area contributed by atoms with Gasteiger partial charge in [0, 0.05) is 23.0 Å². The number of carboxylic acids is 1. The standard InChI is InChI=1S/C15H10Cl2N4O3S/c1-21-12(9(5-18-21)14(23)24)13(22)20-15-19-11(6-25-15)8-3-2-7(16)4-10(8)17/h2-6H,1H3,(H,23,24)(H,19,20,22). The molecule has 0 fully saturated rings. The highest BCUT2D eigenvalue weighted by molar-refractivity contribution is 7.14. The number of thiazole rings is 1. The van der Waals surface area contributed by atoms with Crippen LogP contribution in [0.1, 0.15) is 20.8 Å². The van der Waals surface area contributed by atoms with E-state index in [9.17, 15) is 9.59 Å². The Morgan fingerprint density at radius 1 is 1.32 bits per heavy atom. The normalized spacial score (nSPS) is 10.7. The third kappa shape index (κ3) is 3.51. The first-order valence-corrected chi connectivity index (χ1v) is 8.48. The SMILES string of the molecule is Cn1ncc(C(=O)O)c1C(=O)Nc1nc(-c2ccc(Cl)cc2Cl)cs1. The molecule has 0 aliphatic heterocycles. The fourth-order valence-electron chi connectivity index (χ4n) is 2.17. The summed E-state index contributed by atoms with van der Waals surface area (Å²) >= 11 is 13.2. The highest BCUT2D eigenvalue weighted by atomic mass is 35.5. The molecule has 10 heteroatoms. The second kappa shape index (κ2) is 6.83. The summed E-state index contributed by atoms with van der Waals surface area (Å²) in [6.07, 6.45) is 1.12. The molecule has 128 valence electrons. The van der Waals surface area contributed by atoms with Crippen LogP contribution in [0.2, 0.25) is 10.0 Å². The van der Waals surface area contributed by atoms with Crippen LogP contribution in [-0.2, 0) is 7.05 Å². The largest absolute Gasteiger partial charge is 0.478 e. The summed E-state index contributed by atoms with van der Waals surface area (Å²) in [5.41, 5.74) is 1.01. The molecular weight excluding hydrogens is 387 g/mol. The number of aromatic nitrogens is 3. The number of benzene rings is 1. The first-order valence-electron chi connectivity index (χ1n) is 6.84. The van der Waals surface area contributed by atoms with Gasteiger partial charge in [0.2, 0.25) is 0 Å². The van der Waals surface area contributed by atoms with Crippen molar-refractivity contribution in [3.05, 3.63) is 51.1 Å². The average molecular weight is 397 g/mol. The van der Waals surface area contributed by atoms with Crippen molar-refractivity contribution < 1.29 is 14.7 Å². The van der Waals surface area contributed by atoms with Gasteiger partial charge in [-0.3, -0.25) is 14.8 Å². The van der Waals surface area contributed by atoms with E-state index in [0.717, 1.165) is 6.20 Å². The fraction of sp³-hybridized carbons (Fsp3) is 0.0667. The molecule has 2 N–H and O–H groups in total. The van der Waals surface area contributed by atoms with Crippen molar-refractivity contribution in [1.82, 2.24) is 14.8 Å². The molecule has 0 saturated carbocycles. The number of hydrogen-bond acceptors (Lipinski definition) is 5. The van der Waals surface area contributed by atoms with Gasteiger partial charge in [-0.2, -0.15) is 5.10 Å². The van der Waals surface area contributed by atoms with Crippen LogP contribution >= 0.6 is 34.5 Å². The molecule has 0 atom stereocenters. The Balaban J connectivity index is 1.86. The highest BCUT2D eigenvalue weighted by Crippen LogP contribution is 2.32. The van der Waals surface area contributed by atoms with E-state index in [-0.39, 0.29) is 11.3 Å². The Morgan fingerprint density at radius 3 is 2.76 bits per heavy atom. The minimum absolute atomic E-state index is 0.0613. The summed E-state index contributed by atoms with van der Waals surface area (Å²) in [7, 11) is 1.49. The molecule has 0 radical (unpaired) electrons. The van der Waals surface area contributed by atoms with Gasteiger partial charge in [-0.1, -0.05) is 23.2 Å². The van der Waals surface area contributed by atoms with E-state index in [4.69, 9.17) is 28.3 Å². The maximum Gasteiger partial charge on any atom is 0.339 e. The van der Waals surface area contributed by atoms with Gasteiger partial charge < -0.3 is 5.11 Å². The van der Waals surface area contributed by atoms with Crippen molar-refractivity contribution in [3.8, 4) is 11.3 Å². The van der Waals surface area contributed by atoms with Gasteiger partial charge in [0.05, 0.1) is 16.9 Å². The van der Waals surface area contributed by atoms with Crippen LogP contribution < -0.4 is 5.32 Å². The number of halogens is 2. The summed E-state index contributed by atoms with van der Waals surface area (Å²) < 4.78 is 1.20. The van der Waals surface area contributed by atoms with Crippen LogP contribution in [0.25, 0.3) is 11.3 Å². The second-order valence-corrected chi connectivity index (χ2v) is 6.65. The number of hydrogen-bond donors (Lipinski definition) is 2. The molecule has 0 aliphatic rings. The van der Waals surface area contributed by atoms with Gasteiger partial charge in [-0.05, 0) is 18.2 Å². The zero-order valence-corrected chi connectivity index (χ0v) is 15.0. The molecule has 2 heterocycles. The number of anilines is 1. The predicted octanol–water partition coefficient (Wildman–Crippen LogP) is 3.80. The number of carboxylic acid groups (broad SMARTS) is 1. The van der Waals surface area contributed by atoms with Gasteiger partial charge in [0.15, 0.2) is 5.13 Å². The molecule has 0 unspecified atom stereocenters. The van der Waals surface area contributed by atoms with Gasteiger partial charge in [-0.25, -0.2) is 9.78 Å². The monoisotopic (exact) mass is 396 g/mol.